The number of alkyl halides is 3. The van der Waals surface area contributed by atoms with E-state index in [9.17, 15) is 18.0 Å². The zero-order chi connectivity index (χ0) is 14.6. The molecule has 0 bridgehead atoms. The third-order valence-corrected chi connectivity index (χ3v) is 3.76. The highest BCUT2D eigenvalue weighted by molar-refractivity contribution is 7.99. The molecule has 1 aromatic heterocycles. The normalized spacial score (nSPS) is 18.9. The molecule has 2 heterocycles. The highest BCUT2D eigenvalue weighted by Crippen LogP contribution is 2.24. The van der Waals surface area contributed by atoms with Crippen LogP contribution in [0.25, 0.3) is 0 Å². The van der Waals surface area contributed by atoms with Gasteiger partial charge in [0.2, 0.25) is 5.88 Å². The lowest BCUT2D eigenvalue weighted by atomic mass is 10.2. The van der Waals surface area contributed by atoms with Crippen molar-refractivity contribution in [3.05, 3.63) is 23.9 Å². The van der Waals surface area contributed by atoms with Gasteiger partial charge >= 0.3 is 6.18 Å². The molecule has 0 radical (unpaired) electrons. The molecule has 2 rings (SSSR count). The smallest absolute Gasteiger partial charge is 0.405 e. The number of ether oxygens (including phenoxy) is 1. The van der Waals surface area contributed by atoms with E-state index in [1.807, 2.05) is 5.32 Å². The van der Waals surface area contributed by atoms with Gasteiger partial charge in [0.1, 0.15) is 18.2 Å². The van der Waals surface area contributed by atoms with E-state index >= 15 is 0 Å². The van der Waals surface area contributed by atoms with Gasteiger partial charge in [0.05, 0.1) is 0 Å². The zero-order valence-electron chi connectivity index (χ0n) is 10.4. The topological polar surface area (TPSA) is 51.2 Å². The summed E-state index contributed by atoms with van der Waals surface area (Å²) in [6.07, 6.45) is -2.21. The molecule has 4 nitrogen and oxygen atoms in total. The number of carbonyl (C=O) groups excluding carboxylic acids is 1. The molecular formula is C12H13F3N2O2S. The number of rotatable bonds is 4. The van der Waals surface area contributed by atoms with E-state index in [-0.39, 0.29) is 17.5 Å². The second kappa shape index (κ2) is 6.34. The van der Waals surface area contributed by atoms with Gasteiger partial charge in [0.25, 0.3) is 5.91 Å². The van der Waals surface area contributed by atoms with E-state index in [0.717, 1.165) is 17.9 Å². The number of halogens is 3. The number of nitrogens with zero attached hydrogens (tertiary/aromatic N) is 1. The Balaban J connectivity index is 2.04. The lowest BCUT2D eigenvalue weighted by Gasteiger charge is -2.15. The third kappa shape index (κ3) is 4.29. The van der Waals surface area contributed by atoms with Crippen LogP contribution in [-0.2, 0) is 0 Å². The second-order valence-electron chi connectivity index (χ2n) is 4.26. The summed E-state index contributed by atoms with van der Waals surface area (Å²) in [5, 5.41) is 1.82. The van der Waals surface area contributed by atoms with Crippen LogP contribution in [0.1, 0.15) is 16.8 Å². The summed E-state index contributed by atoms with van der Waals surface area (Å²) < 4.78 is 41.9. The Morgan fingerprint density at radius 3 is 3.00 bits per heavy atom. The Morgan fingerprint density at radius 1 is 1.55 bits per heavy atom. The molecule has 1 aliphatic heterocycles. The molecule has 8 heteroatoms. The first kappa shape index (κ1) is 15.0. The first-order valence-electron chi connectivity index (χ1n) is 6.00. The lowest BCUT2D eigenvalue weighted by molar-refractivity contribution is -0.123. The molecule has 1 amide bonds. The van der Waals surface area contributed by atoms with Gasteiger partial charge in [-0.3, -0.25) is 4.79 Å². The first-order chi connectivity index (χ1) is 9.46. The summed E-state index contributed by atoms with van der Waals surface area (Å²) in [6.45, 7) is -1.38. The molecule has 110 valence electrons. The molecule has 20 heavy (non-hydrogen) atoms. The standard InChI is InChI=1S/C12H13F3N2O2S/c13-12(14,15)7-17-10(18)9-2-1-4-16-11(9)19-8-3-5-20-6-8/h1-2,4,8H,3,5-7H2,(H,17,18). The summed E-state index contributed by atoms with van der Waals surface area (Å²) in [5.41, 5.74) is 0.0219. The van der Waals surface area contributed by atoms with Crippen molar-refractivity contribution in [1.82, 2.24) is 10.3 Å². The fourth-order valence-electron chi connectivity index (χ4n) is 1.70. The van der Waals surface area contributed by atoms with E-state index in [2.05, 4.69) is 4.98 Å². The van der Waals surface area contributed by atoms with Crippen LogP contribution in [0.15, 0.2) is 18.3 Å². The first-order valence-corrected chi connectivity index (χ1v) is 7.15. The van der Waals surface area contributed by atoms with Crippen LogP contribution < -0.4 is 10.1 Å². The van der Waals surface area contributed by atoms with Crippen LogP contribution in [0.2, 0.25) is 0 Å². The van der Waals surface area contributed by atoms with Gasteiger partial charge in [-0.2, -0.15) is 24.9 Å². The fraction of sp³-hybridized carbons (Fsp3) is 0.500. The highest BCUT2D eigenvalue weighted by Gasteiger charge is 2.29. The van der Waals surface area contributed by atoms with Crippen LogP contribution in [0.3, 0.4) is 0 Å². The molecule has 1 saturated heterocycles. The van der Waals surface area contributed by atoms with E-state index in [1.165, 1.54) is 18.3 Å². The summed E-state index contributed by atoms with van der Waals surface area (Å²) in [4.78, 5) is 15.7. The summed E-state index contributed by atoms with van der Waals surface area (Å²) >= 11 is 1.73. The second-order valence-corrected chi connectivity index (χ2v) is 5.41. The predicted molar refractivity (Wildman–Crippen MR) is 69.0 cm³/mol. The van der Waals surface area contributed by atoms with Gasteiger partial charge in [0.15, 0.2) is 0 Å². The Kier molecular flexibility index (Phi) is 4.74. The van der Waals surface area contributed by atoms with Crippen molar-refractivity contribution in [1.29, 1.82) is 0 Å². The molecule has 0 aliphatic carbocycles. The molecule has 0 aromatic carbocycles. The third-order valence-electron chi connectivity index (χ3n) is 2.63. The summed E-state index contributed by atoms with van der Waals surface area (Å²) in [7, 11) is 0. The number of thioether (sulfide) groups is 1. The summed E-state index contributed by atoms with van der Waals surface area (Å²) in [5.74, 6) is 1.00. The number of pyridine rings is 1. The van der Waals surface area contributed by atoms with Crippen LogP contribution in [0.4, 0.5) is 13.2 Å². The number of amides is 1. The van der Waals surface area contributed by atoms with Gasteiger partial charge in [0, 0.05) is 11.9 Å². The summed E-state index contributed by atoms with van der Waals surface area (Å²) in [6, 6.07) is 2.88. The molecule has 1 fully saturated rings. The Bertz CT molecular complexity index is 476. The fourth-order valence-corrected chi connectivity index (χ4v) is 2.79. The van der Waals surface area contributed by atoms with E-state index in [0.29, 0.717) is 0 Å². The van der Waals surface area contributed by atoms with Crippen LogP contribution >= 0.6 is 11.8 Å². The van der Waals surface area contributed by atoms with Crippen molar-refractivity contribution in [2.45, 2.75) is 18.7 Å². The average Bonchev–Trinajstić information content (AvgIpc) is 2.89. The van der Waals surface area contributed by atoms with Crippen LogP contribution in [0, 0.1) is 0 Å². The molecule has 1 aromatic rings. The number of nitrogens with one attached hydrogen (secondary N) is 1. The minimum absolute atomic E-state index is 0.0219. The van der Waals surface area contributed by atoms with Gasteiger partial charge in [-0.1, -0.05) is 0 Å². The van der Waals surface area contributed by atoms with E-state index in [4.69, 9.17) is 4.74 Å². The zero-order valence-corrected chi connectivity index (χ0v) is 11.3. The number of hydrogen-bond acceptors (Lipinski definition) is 4. The van der Waals surface area contributed by atoms with Gasteiger partial charge in [-0.25, -0.2) is 4.98 Å². The van der Waals surface area contributed by atoms with Crippen LogP contribution in [-0.4, -0.2) is 41.2 Å². The lowest BCUT2D eigenvalue weighted by Crippen LogP contribution is -2.34. The van der Waals surface area contributed by atoms with Gasteiger partial charge < -0.3 is 10.1 Å². The molecule has 0 saturated carbocycles. The maximum atomic E-state index is 12.1. The van der Waals surface area contributed by atoms with Crippen molar-refractivity contribution >= 4 is 17.7 Å². The molecule has 1 N–H and O–H groups in total. The average molecular weight is 306 g/mol. The Hall–Kier alpha value is -1.44. The van der Waals surface area contributed by atoms with E-state index < -0.39 is 18.6 Å². The van der Waals surface area contributed by atoms with Crippen LogP contribution in [0.5, 0.6) is 5.88 Å². The van der Waals surface area contributed by atoms with Crippen molar-refractivity contribution < 1.29 is 22.7 Å². The van der Waals surface area contributed by atoms with Crippen molar-refractivity contribution in [2.75, 3.05) is 18.1 Å². The van der Waals surface area contributed by atoms with Crippen molar-refractivity contribution in [3.8, 4) is 5.88 Å². The molecule has 1 unspecified atom stereocenters. The maximum absolute atomic E-state index is 12.1. The monoisotopic (exact) mass is 306 g/mol. The number of hydrogen-bond donors (Lipinski definition) is 1. The molecule has 1 aliphatic rings. The molecule has 1 atom stereocenters. The quantitative estimate of drug-likeness (QED) is 0.927. The Labute approximate surface area is 118 Å². The number of aromatic nitrogens is 1. The minimum Gasteiger partial charge on any atom is -0.473 e. The molecule has 0 spiro atoms. The maximum Gasteiger partial charge on any atom is 0.405 e. The highest BCUT2D eigenvalue weighted by atomic mass is 32.2. The predicted octanol–water partition coefficient (Wildman–Crippen LogP) is 2.26. The van der Waals surface area contributed by atoms with Gasteiger partial charge in [-0.05, 0) is 24.3 Å². The molecular weight excluding hydrogens is 293 g/mol. The minimum atomic E-state index is -4.44. The van der Waals surface area contributed by atoms with Crippen molar-refractivity contribution in [3.63, 3.8) is 0 Å². The Morgan fingerprint density at radius 2 is 2.35 bits per heavy atom. The largest absolute Gasteiger partial charge is 0.473 e. The number of carbonyl (C=O) groups is 1. The SMILES string of the molecule is O=C(NCC(F)(F)F)c1cccnc1OC1CCSC1. The van der Waals surface area contributed by atoms with E-state index in [1.54, 1.807) is 11.8 Å². The van der Waals surface area contributed by atoms with Gasteiger partial charge in [-0.15, -0.1) is 0 Å². The van der Waals surface area contributed by atoms with Crippen molar-refractivity contribution in [2.24, 2.45) is 0 Å².